The molecule has 0 aliphatic carbocycles. The molecule has 0 radical (unpaired) electrons. The normalized spacial score (nSPS) is 16.1. The van der Waals surface area contributed by atoms with Crippen LogP contribution in [0.25, 0.3) is 0 Å². The fourth-order valence-corrected chi connectivity index (χ4v) is 3.33. The molecule has 2 heterocycles. The van der Waals surface area contributed by atoms with Crippen LogP contribution in [-0.2, 0) is 11.3 Å². The first-order valence-electron chi connectivity index (χ1n) is 9.75. The highest BCUT2D eigenvalue weighted by molar-refractivity contribution is 14.0. The number of nitrogens with one attached hydrogen (secondary N) is 2. The summed E-state index contributed by atoms with van der Waals surface area (Å²) in [6.07, 6.45) is 4.70. The van der Waals surface area contributed by atoms with Gasteiger partial charge in [-0.25, -0.2) is 4.39 Å². The average Bonchev–Trinajstić information content (AvgIpc) is 3.25. The van der Waals surface area contributed by atoms with E-state index < -0.39 is 0 Å². The SMILES string of the molecule is CN=C(NCCCn1cccn1)NCC(c1ccc(F)cc1)N1CCOCC1.I. The first-order chi connectivity index (χ1) is 13.8. The molecule has 1 unspecified atom stereocenters. The number of aryl methyl sites for hydroxylation is 1. The third-order valence-electron chi connectivity index (χ3n) is 4.84. The molecule has 3 rings (SSSR count). The van der Waals surface area contributed by atoms with Crippen LogP contribution < -0.4 is 10.6 Å². The Morgan fingerprint density at radius 2 is 2.00 bits per heavy atom. The maximum Gasteiger partial charge on any atom is 0.191 e. The van der Waals surface area contributed by atoms with Gasteiger partial charge >= 0.3 is 0 Å². The molecule has 2 N–H and O–H groups in total. The van der Waals surface area contributed by atoms with Crippen molar-refractivity contribution in [3.05, 3.63) is 54.1 Å². The summed E-state index contributed by atoms with van der Waals surface area (Å²) in [7, 11) is 1.77. The van der Waals surface area contributed by atoms with Crippen molar-refractivity contribution in [1.82, 2.24) is 25.3 Å². The minimum atomic E-state index is -0.216. The molecule has 1 saturated heterocycles. The highest BCUT2D eigenvalue weighted by Crippen LogP contribution is 2.21. The van der Waals surface area contributed by atoms with Gasteiger partial charge in [0, 0.05) is 52.2 Å². The summed E-state index contributed by atoms with van der Waals surface area (Å²) in [5.74, 6) is 0.549. The van der Waals surface area contributed by atoms with E-state index in [2.05, 4.69) is 25.6 Å². The minimum absolute atomic E-state index is 0. The molecule has 0 bridgehead atoms. The molecule has 2 aromatic rings. The van der Waals surface area contributed by atoms with Crippen LogP contribution in [0.15, 0.2) is 47.7 Å². The number of aromatic nitrogens is 2. The number of hydrogen-bond donors (Lipinski definition) is 2. The second-order valence-corrected chi connectivity index (χ2v) is 6.72. The topological polar surface area (TPSA) is 66.7 Å². The molecule has 160 valence electrons. The van der Waals surface area contributed by atoms with Crippen LogP contribution in [0.5, 0.6) is 0 Å². The van der Waals surface area contributed by atoms with Crippen molar-refractivity contribution >= 4 is 29.9 Å². The molecule has 7 nitrogen and oxygen atoms in total. The van der Waals surface area contributed by atoms with Crippen LogP contribution in [0.2, 0.25) is 0 Å². The third-order valence-corrected chi connectivity index (χ3v) is 4.84. The van der Waals surface area contributed by atoms with Gasteiger partial charge in [-0.3, -0.25) is 14.6 Å². The quantitative estimate of drug-likeness (QED) is 0.244. The van der Waals surface area contributed by atoms with Gasteiger partial charge in [-0.1, -0.05) is 12.1 Å². The highest BCUT2D eigenvalue weighted by Gasteiger charge is 2.23. The zero-order valence-corrected chi connectivity index (χ0v) is 19.1. The summed E-state index contributed by atoms with van der Waals surface area (Å²) in [5.41, 5.74) is 1.09. The molecule has 9 heteroatoms. The van der Waals surface area contributed by atoms with Gasteiger partial charge < -0.3 is 15.4 Å². The number of ether oxygens (including phenoxy) is 1. The van der Waals surface area contributed by atoms with E-state index in [-0.39, 0.29) is 35.8 Å². The van der Waals surface area contributed by atoms with E-state index in [9.17, 15) is 4.39 Å². The summed E-state index contributed by atoms with van der Waals surface area (Å²) >= 11 is 0. The summed E-state index contributed by atoms with van der Waals surface area (Å²) in [6, 6.07) is 8.81. The lowest BCUT2D eigenvalue weighted by molar-refractivity contribution is 0.0170. The first kappa shape index (κ1) is 23.6. The van der Waals surface area contributed by atoms with Crippen LogP contribution in [-0.4, -0.2) is 67.1 Å². The number of nitrogens with zero attached hydrogens (tertiary/aromatic N) is 4. The fraction of sp³-hybridized carbons (Fsp3) is 0.500. The number of benzene rings is 1. The molecule has 0 amide bonds. The number of morpholine rings is 1. The minimum Gasteiger partial charge on any atom is -0.379 e. The van der Waals surface area contributed by atoms with Gasteiger partial charge in [0.25, 0.3) is 0 Å². The van der Waals surface area contributed by atoms with Gasteiger partial charge in [0.05, 0.1) is 19.3 Å². The van der Waals surface area contributed by atoms with E-state index >= 15 is 0 Å². The molecule has 1 aliphatic heterocycles. The summed E-state index contributed by atoms with van der Waals surface area (Å²) < 4.78 is 20.8. The van der Waals surface area contributed by atoms with Crippen molar-refractivity contribution in [3.63, 3.8) is 0 Å². The molecule has 1 fully saturated rings. The van der Waals surface area contributed by atoms with Gasteiger partial charge in [0.1, 0.15) is 5.82 Å². The number of aliphatic imine (C=N–C) groups is 1. The van der Waals surface area contributed by atoms with Gasteiger partial charge in [-0.05, 0) is 30.2 Å². The molecule has 0 spiro atoms. The lowest BCUT2D eigenvalue weighted by Gasteiger charge is -2.35. The van der Waals surface area contributed by atoms with Crippen LogP contribution in [0.4, 0.5) is 4.39 Å². The largest absolute Gasteiger partial charge is 0.379 e. The maximum atomic E-state index is 13.4. The lowest BCUT2D eigenvalue weighted by Crippen LogP contribution is -2.46. The van der Waals surface area contributed by atoms with Gasteiger partial charge in [0.2, 0.25) is 0 Å². The molecule has 1 aliphatic rings. The zero-order valence-electron chi connectivity index (χ0n) is 16.8. The van der Waals surface area contributed by atoms with Crippen molar-refractivity contribution < 1.29 is 9.13 Å². The van der Waals surface area contributed by atoms with Crippen LogP contribution in [0, 0.1) is 5.82 Å². The third kappa shape index (κ3) is 7.56. The lowest BCUT2D eigenvalue weighted by atomic mass is 10.0. The number of hydrogen-bond acceptors (Lipinski definition) is 4. The Balaban J connectivity index is 0.00000300. The molecule has 29 heavy (non-hydrogen) atoms. The Morgan fingerprint density at radius 1 is 1.24 bits per heavy atom. The fourth-order valence-electron chi connectivity index (χ4n) is 3.33. The van der Waals surface area contributed by atoms with Crippen molar-refractivity contribution in [2.45, 2.75) is 19.0 Å². The smallest absolute Gasteiger partial charge is 0.191 e. The van der Waals surface area contributed by atoms with Gasteiger partial charge in [-0.15, -0.1) is 24.0 Å². The van der Waals surface area contributed by atoms with Crippen LogP contribution in [0.1, 0.15) is 18.0 Å². The van der Waals surface area contributed by atoms with Crippen molar-refractivity contribution in [2.24, 2.45) is 4.99 Å². The first-order valence-corrected chi connectivity index (χ1v) is 9.75. The van der Waals surface area contributed by atoms with Crippen molar-refractivity contribution in [3.8, 4) is 0 Å². The highest BCUT2D eigenvalue weighted by atomic mass is 127. The Hall–Kier alpha value is -1.72. The molecule has 1 aromatic carbocycles. The van der Waals surface area contributed by atoms with E-state index in [1.165, 1.54) is 12.1 Å². The van der Waals surface area contributed by atoms with E-state index in [0.717, 1.165) is 57.3 Å². The Morgan fingerprint density at radius 3 is 2.66 bits per heavy atom. The Kier molecular flexibility index (Phi) is 10.4. The van der Waals surface area contributed by atoms with Gasteiger partial charge in [-0.2, -0.15) is 5.10 Å². The van der Waals surface area contributed by atoms with Gasteiger partial charge in [0.15, 0.2) is 5.96 Å². The molecule has 1 atom stereocenters. The van der Waals surface area contributed by atoms with Crippen molar-refractivity contribution in [1.29, 1.82) is 0 Å². The summed E-state index contributed by atoms with van der Waals surface area (Å²) in [4.78, 5) is 6.69. The zero-order chi connectivity index (χ0) is 19.6. The van der Waals surface area contributed by atoms with E-state index in [1.807, 2.05) is 29.1 Å². The maximum absolute atomic E-state index is 13.4. The molecular formula is C20H30FIN6O. The number of halogens is 2. The second kappa shape index (κ2) is 12.8. The van der Waals surface area contributed by atoms with Crippen LogP contribution >= 0.6 is 24.0 Å². The number of rotatable bonds is 8. The predicted octanol–water partition coefficient (Wildman–Crippen LogP) is 2.27. The van der Waals surface area contributed by atoms with E-state index in [1.54, 1.807) is 13.2 Å². The monoisotopic (exact) mass is 516 g/mol. The summed E-state index contributed by atoms with van der Waals surface area (Å²) in [6.45, 7) is 5.52. The summed E-state index contributed by atoms with van der Waals surface area (Å²) in [5, 5.41) is 11.0. The van der Waals surface area contributed by atoms with Crippen molar-refractivity contribution in [2.75, 3.05) is 46.4 Å². The standard InChI is InChI=1S/C20H29FN6O.HI/c1-22-20(23-8-2-10-27-11-3-9-25-27)24-16-19(26-12-14-28-15-13-26)17-4-6-18(21)7-5-17;/h3-7,9,11,19H,2,8,10,12-16H2,1H3,(H2,22,23,24);1H. The Labute approximate surface area is 188 Å². The molecule has 0 saturated carbocycles. The van der Waals surface area contributed by atoms with E-state index in [4.69, 9.17) is 4.74 Å². The second-order valence-electron chi connectivity index (χ2n) is 6.72. The van der Waals surface area contributed by atoms with E-state index in [0.29, 0.717) is 6.54 Å². The van der Waals surface area contributed by atoms with Crippen LogP contribution in [0.3, 0.4) is 0 Å². The molecular weight excluding hydrogens is 486 g/mol. The Bertz CT molecular complexity index is 719. The predicted molar refractivity (Wildman–Crippen MR) is 123 cm³/mol. The molecule has 1 aromatic heterocycles. The average molecular weight is 516 g/mol. The number of guanidine groups is 1.